The van der Waals surface area contributed by atoms with E-state index in [9.17, 15) is 9.59 Å². The van der Waals surface area contributed by atoms with Gasteiger partial charge in [-0.05, 0) is 50.0 Å². The highest BCUT2D eigenvalue weighted by Gasteiger charge is 2.36. The number of carbonyl (C=O) groups excluding carboxylic acids is 2. The average Bonchev–Trinajstić information content (AvgIpc) is 3.15. The van der Waals surface area contributed by atoms with E-state index in [2.05, 4.69) is 5.32 Å². The SMILES string of the molecule is COc1cccc(C(CNC(=O)C2CC(=O)N(c3cc(Cl)ccc3OC)C2)N(C)C)c1. The van der Waals surface area contributed by atoms with Gasteiger partial charge in [0.25, 0.3) is 0 Å². The molecule has 1 heterocycles. The third kappa shape index (κ3) is 5.29. The number of hydrogen-bond donors (Lipinski definition) is 1. The van der Waals surface area contributed by atoms with Crippen LogP contribution < -0.4 is 19.7 Å². The fourth-order valence-corrected chi connectivity index (χ4v) is 3.95. The van der Waals surface area contributed by atoms with E-state index in [0.717, 1.165) is 11.3 Å². The van der Waals surface area contributed by atoms with E-state index >= 15 is 0 Å². The van der Waals surface area contributed by atoms with E-state index in [1.807, 2.05) is 43.3 Å². The van der Waals surface area contributed by atoms with Crippen molar-refractivity contribution in [3.63, 3.8) is 0 Å². The molecule has 0 aromatic heterocycles. The Bertz CT molecular complexity index is 950. The Morgan fingerprint density at radius 2 is 2.00 bits per heavy atom. The summed E-state index contributed by atoms with van der Waals surface area (Å²) in [5, 5.41) is 3.52. The van der Waals surface area contributed by atoms with Gasteiger partial charge in [-0.3, -0.25) is 9.59 Å². The van der Waals surface area contributed by atoms with E-state index < -0.39 is 5.92 Å². The zero-order valence-corrected chi connectivity index (χ0v) is 19.0. The molecule has 166 valence electrons. The predicted molar refractivity (Wildman–Crippen MR) is 121 cm³/mol. The van der Waals surface area contributed by atoms with Crippen molar-refractivity contribution in [1.82, 2.24) is 10.2 Å². The van der Waals surface area contributed by atoms with Crippen LogP contribution in [0.15, 0.2) is 42.5 Å². The molecule has 0 aliphatic carbocycles. The van der Waals surface area contributed by atoms with Crippen LogP contribution in [0.25, 0.3) is 0 Å². The summed E-state index contributed by atoms with van der Waals surface area (Å²) in [6.07, 6.45) is 0.146. The van der Waals surface area contributed by atoms with Gasteiger partial charge in [0, 0.05) is 24.5 Å². The molecule has 2 aromatic rings. The van der Waals surface area contributed by atoms with Gasteiger partial charge in [0.05, 0.1) is 31.9 Å². The summed E-state index contributed by atoms with van der Waals surface area (Å²) in [7, 11) is 7.09. The average molecular weight is 446 g/mol. The number of likely N-dealkylation sites (N-methyl/N-ethyl adjacent to an activating group) is 1. The first-order chi connectivity index (χ1) is 14.8. The monoisotopic (exact) mass is 445 g/mol. The topological polar surface area (TPSA) is 71.1 Å². The summed E-state index contributed by atoms with van der Waals surface area (Å²) in [6, 6.07) is 12.9. The molecular formula is C23H28ClN3O4. The first-order valence-corrected chi connectivity index (χ1v) is 10.4. The Balaban J connectivity index is 1.68. The summed E-state index contributed by atoms with van der Waals surface area (Å²) < 4.78 is 10.7. The number of carbonyl (C=O) groups is 2. The van der Waals surface area contributed by atoms with E-state index in [4.69, 9.17) is 21.1 Å². The molecule has 0 saturated carbocycles. The van der Waals surface area contributed by atoms with Crippen LogP contribution in [-0.4, -0.2) is 58.1 Å². The van der Waals surface area contributed by atoms with Gasteiger partial charge in [0.1, 0.15) is 11.5 Å². The molecule has 0 radical (unpaired) electrons. The van der Waals surface area contributed by atoms with E-state index in [1.54, 1.807) is 30.2 Å². The van der Waals surface area contributed by atoms with Crippen LogP contribution in [-0.2, 0) is 9.59 Å². The molecule has 0 bridgehead atoms. The van der Waals surface area contributed by atoms with Crippen LogP contribution in [0, 0.1) is 5.92 Å². The fraction of sp³-hybridized carbons (Fsp3) is 0.391. The van der Waals surface area contributed by atoms with Gasteiger partial charge in [-0.1, -0.05) is 23.7 Å². The fourth-order valence-electron chi connectivity index (χ4n) is 3.78. The van der Waals surface area contributed by atoms with Gasteiger partial charge in [0.2, 0.25) is 11.8 Å². The number of nitrogens with one attached hydrogen (secondary N) is 1. The van der Waals surface area contributed by atoms with Crippen molar-refractivity contribution in [2.75, 3.05) is 46.3 Å². The molecular weight excluding hydrogens is 418 g/mol. The molecule has 1 aliphatic rings. The van der Waals surface area contributed by atoms with E-state index in [-0.39, 0.29) is 30.8 Å². The number of hydrogen-bond acceptors (Lipinski definition) is 5. The molecule has 2 amide bonds. The van der Waals surface area contributed by atoms with Crippen LogP contribution in [0.4, 0.5) is 5.69 Å². The first kappa shape index (κ1) is 22.9. The summed E-state index contributed by atoms with van der Waals surface area (Å²) in [5.41, 5.74) is 1.62. The number of rotatable bonds is 8. The van der Waals surface area contributed by atoms with Crippen LogP contribution >= 0.6 is 11.6 Å². The maximum atomic E-state index is 12.9. The molecule has 1 saturated heterocycles. The molecule has 1 fully saturated rings. The molecule has 0 spiro atoms. The second kappa shape index (κ2) is 10.0. The summed E-state index contributed by atoms with van der Waals surface area (Å²) in [6.45, 7) is 0.706. The third-order valence-electron chi connectivity index (χ3n) is 5.50. The van der Waals surface area contributed by atoms with Crippen LogP contribution in [0.1, 0.15) is 18.0 Å². The Kier molecular flexibility index (Phi) is 7.41. The number of benzene rings is 2. The molecule has 31 heavy (non-hydrogen) atoms. The van der Waals surface area contributed by atoms with Crippen molar-refractivity contribution < 1.29 is 19.1 Å². The van der Waals surface area contributed by atoms with Gasteiger partial charge in [0.15, 0.2) is 0 Å². The molecule has 7 nitrogen and oxygen atoms in total. The van der Waals surface area contributed by atoms with Crippen molar-refractivity contribution in [2.24, 2.45) is 5.92 Å². The smallest absolute Gasteiger partial charge is 0.227 e. The summed E-state index contributed by atoms with van der Waals surface area (Å²) >= 11 is 6.11. The van der Waals surface area contributed by atoms with Crippen molar-refractivity contribution in [2.45, 2.75) is 12.5 Å². The lowest BCUT2D eigenvalue weighted by molar-refractivity contribution is -0.126. The van der Waals surface area contributed by atoms with Gasteiger partial charge in [-0.2, -0.15) is 0 Å². The normalized spacial score (nSPS) is 17.0. The Morgan fingerprint density at radius 1 is 1.23 bits per heavy atom. The maximum Gasteiger partial charge on any atom is 0.227 e. The lowest BCUT2D eigenvalue weighted by atomic mass is 10.0. The highest BCUT2D eigenvalue weighted by Crippen LogP contribution is 2.35. The van der Waals surface area contributed by atoms with Crippen LogP contribution in [0.3, 0.4) is 0 Å². The molecule has 2 atom stereocenters. The number of halogens is 1. The second-order valence-corrected chi connectivity index (χ2v) is 8.16. The lowest BCUT2D eigenvalue weighted by Crippen LogP contribution is -2.38. The highest BCUT2D eigenvalue weighted by molar-refractivity contribution is 6.31. The Hall–Kier alpha value is -2.77. The number of anilines is 1. The van der Waals surface area contributed by atoms with Gasteiger partial charge in [-0.15, -0.1) is 0 Å². The molecule has 2 unspecified atom stereocenters. The Labute approximate surface area is 187 Å². The quantitative estimate of drug-likeness (QED) is 0.676. The summed E-state index contributed by atoms with van der Waals surface area (Å²) in [4.78, 5) is 29.1. The van der Waals surface area contributed by atoms with E-state index in [0.29, 0.717) is 23.0 Å². The van der Waals surface area contributed by atoms with Gasteiger partial charge in [-0.25, -0.2) is 0 Å². The third-order valence-corrected chi connectivity index (χ3v) is 5.73. The largest absolute Gasteiger partial charge is 0.497 e. The molecule has 2 aromatic carbocycles. The number of ether oxygens (including phenoxy) is 2. The highest BCUT2D eigenvalue weighted by atomic mass is 35.5. The minimum Gasteiger partial charge on any atom is -0.497 e. The molecule has 8 heteroatoms. The van der Waals surface area contributed by atoms with Gasteiger partial charge < -0.3 is 24.6 Å². The molecule has 3 rings (SSSR count). The van der Waals surface area contributed by atoms with Crippen LogP contribution in [0.5, 0.6) is 11.5 Å². The minimum atomic E-state index is -0.440. The number of amides is 2. The van der Waals surface area contributed by atoms with Gasteiger partial charge >= 0.3 is 0 Å². The van der Waals surface area contributed by atoms with Crippen molar-refractivity contribution in [3.05, 3.63) is 53.1 Å². The standard InChI is InChI=1S/C23H28ClN3O4/c1-26(2)20(15-6-5-7-18(10-15)30-3)13-25-23(29)16-11-22(28)27(14-16)19-12-17(24)8-9-21(19)31-4/h5-10,12,16,20H,11,13-14H2,1-4H3,(H,25,29). The molecule has 1 aliphatic heterocycles. The second-order valence-electron chi connectivity index (χ2n) is 7.72. The Morgan fingerprint density at radius 3 is 2.68 bits per heavy atom. The lowest BCUT2D eigenvalue weighted by Gasteiger charge is -2.26. The van der Waals surface area contributed by atoms with Crippen molar-refractivity contribution >= 4 is 29.1 Å². The molecule has 1 N–H and O–H groups in total. The number of nitrogens with zero attached hydrogens (tertiary/aromatic N) is 2. The first-order valence-electron chi connectivity index (χ1n) is 10.1. The maximum absolute atomic E-state index is 12.9. The van der Waals surface area contributed by atoms with E-state index in [1.165, 1.54) is 7.11 Å². The summed E-state index contributed by atoms with van der Waals surface area (Å²) in [5.74, 6) is 0.598. The zero-order valence-electron chi connectivity index (χ0n) is 18.2. The van der Waals surface area contributed by atoms with Crippen molar-refractivity contribution in [3.8, 4) is 11.5 Å². The van der Waals surface area contributed by atoms with Crippen LogP contribution in [0.2, 0.25) is 5.02 Å². The predicted octanol–water partition coefficient (Wildman–Crippen LogP) is 3.13. The zero-order chi connectivity index (χ0) is 22.5. The van der Waals surface area contributed by atoms with Crippen molar-refractivity contribution in [1.29, 1.82) is 0 Å². The number of methoxy groups -OCH3 is 2. The minimum absolute atomic E-state index is 0.0275.